The van der Waals surface area contributed by atoms with E-state index in [1.807, 2.05) is 0 Å². The summed E-state index contributed by atoms with van der Waals surface area (Å²) >= 11 is 0. The zero-order valence-electron chi connectivity index (χ0n) is 13.4. The van der Waals surface area contributed by atoms with Crippen molar-refractivity contribution in [3.8, 4) is 0 Å². The van der Waals surface area contributed by atoms with Gasteiger partial charge in [-0.2, -0.15) is 13.2 Å². The Morgan fingerprint density at radius 3 is 2.12 bits per heavy atom. The number of ether oxygens (including phenoxy) is 2. The Hall–Kier alpha value is -1.45. The first-order valence-corrected chi connectivity index (χ1v) is 8.97. The second-order valence-electron chi connectivity index (χ2n) is 4.70. The highest BCUT2D eigenvalue weighted by molar-refractivity contribution is 7.93. The topological polar surface area (TPSA) is 65.0 Å². The van der Waals surface area contributed by atoms with Gasteiger partial charge < -0.3 is 9.47 Å². The lowest BCUT2D eigenvalue weighted by Gasteiger charge is -2.16. The van der Waals surface area contributed by atoms with E-state index in [2.05, 4.69) is 4.99 Å². The monoisotopic (exact) mass is 367 g/mol. The smallest absolute Gasteiger partial charge is 0.351 e. The summed E-state index contributed by atoms with van der Waals surface area (Å²) in [6, 6.07) is 7.85. The van der Waals surface area contributed by atoms with E-state index in [0.717, 1.165) is 0 Å². The number of rotatable bonds is 9. The Morgan fingerprint density at radius 2 is 1.67 bits per heavy atom. The van der Waals surface area contributed by atoms with Gasteiger partial charge in [0.15, 0.2) is 6.29 Å². The predicted molar refractivity (Wildman–Crippen MR) is 84.7 cm³/mol. The number of nitrogens with zero attached hydrogens (tertiary/aromatic N) is 1. The van der Waals surface area contributed by atoms with Gasteiger partial charge in [0, 0.05) is 13.2 Å². The molecule has 1 aromatic rings. The van der Waals surface area contributed by atoms with Crippen LogP contribution in [0.1, 0.15) is 19.4 Å². The second-order valence-corrected chi connectivity index (χ2v) is 6.68. The molecule has 24 heavy (non-hydrogen) atoms. The van der Waals surface area contributed by atoms with Crippen LogP contribution in [0.3, 0.4) is 0 Å². The van der Waals surface area contributed by atoms with Crippen LogP contribution in [-0.2, 0) is 19.3 Å². The third-order valence-corrected chi connectivity index (χ3v) is 4.28. The first-order chi connectivity index (χ1) is 11.2. The van der Waals surface area contributed by atoms with E-state index in [1.165, 1.54) is 12.1 Å². The van der Waals surface area contributed by atoms with Crippen molar-refractivity contribution in [2.24, 2.45) is 4.99 Å². The zero-order valence-corrected chi connectivity index (χ0v) is 14.2. The summed E-state index contributed by atoms with van der Waals surface area (Å²) in [5.41, 5.74) is -5.21. The molecule has 5 nitrogen and oxygen atoms in total. The van der Waals surface area contributed by atoms with E-state index in [4.69, 9.17) is 9.47 Å². The summed E-state index contributed by atoms with van der Waals surface area (Å²) in [5, 5.41) is 0. The molecular formula is C15H20F3NO4S. The van der Waals surface area contributed by atoms with Crippen molar-refractivity contribution in [1.29, 1.82) is 0 Å². The van der Waals surface area contributed by atoms with Crippen LogP contribution in [0, 0.1) is 0 Å². The lowest BCUT2D eigenvalue weighted by Crippen LogP contribution is -2.31. The van der Waals surface area contributed by atoms with Gasteiger partial charge in [0.1, 0.15) is 5.75 Å². The molecule has 1 aromatic carbocycles. The molecule has 136 valence electrons. The molecule has 0 aliphatic rings. The molecule has 9 heteroatoms. The molecule has 0 fully saturated rings. The molecule has 0 N–H and O–H groups in total. The minimum Gasteiger partial charge on any atom is -0.351 e. The SMILES string of the molecule is CCOC(CN=C(CS(=O)(=O)C(F)(F)F)c1ccccc1)OCC. The first kappa shape index (κ1) is 20.6. The maximum Gasteiger partial charge on any atom is 0.497 e. The third kappa shape index (κ3) is 6.21. The molecule has 0 spiro atoms. The Kier molecular flexibility index (Phi) is 7.85. The fourth-order valence-electron chi connectivity index (χ4n) is 1.82. The second kappa shape index (κ2) is 9.14. The van der Waals surface area contributed by atoms with Gasteiger partial charge in [-0.05, 0) is 19.4 Å². The van der Waals surface area contributed by atoms with Crippen molar-refractivity contribution in [1.82, 2.24) is 0 Å². The van der Waals surface area contributed by atoms with Crippen molar-refractivity contribution >= 4 is 15.5 Å². The molecule has 0 unspecified atom stereocenters. The zero-order chi connectivity index (χ0) is 18.2. The van der Waals surface area contributed by atoms with Gasteiger partial charge in [-0.1, -0.05) is 30.3 Å². The van der Waals surface area contributed by atoms with Gasteiger partial charge >= 0.3 is 5.51 Å². The van der Waals surface area contributed by atoms with Gasteiger partial charge in [-0.25, -0.2) is 8.42 Å². The molecule has 0 heterocycles. The minimum absolute atomic E-state index is 0.0979. The van der Waals surface area contributed by atoms with E-state index < -0.39 is 27.4 Å². The molecular weight excluding hydrogens is 347 g/mol. The predicted octanol–water partition coefficient (Wildman–Crippen LogP) is 2.81. The lowest BCUT2D eigenvalue weighted by atomic mass is 10.1. The summed E-state index contributed by atoms with van der Waals surface area (Å²) in [7, 11) is -5.33. The highest BCUT2D eigenvalue weighted by Gasteiger charge is 2.46. The van der Waals surface area contributed by atoms with Crippen molar-refractivity contribution in [2.75, 3.05) is 25.5 Å². The summed E-state index contributed by atoms with van der Waals surface area (Å²) in [6.45, 7) is 4.05. The number of benzene rings is 1. The quantitative estimate of drug-likeness (QED) is 0.497. The van der Waals surface area contributed by atoms with E-state index >= 15 is 0 Å². The molecule has 0 aliphatic carbocycles. The largest absolute Gasteiger partial charge is 0.497 e. The molecule has 0 amide bonds. The maximum atomic E-state index is 12.7. The van der Waals surface area contributed by atoms with Crippen molar-refractivity contribution in [3.63, 3.8) is 0 Å². The van der Waals surface area contributed by atoms with Crippen LogP contribution >= 0.6 is 0 Å². The summed E-state index contributed by atoms with van der Waals surface area (Å²) in [6.07, 6.45) is -0.743. The van der Waals surface area contributed by atoms with E-state index in [1.54, 1.807) is 32.0 Å². The highest BCUT2D eigenvalue weighted by atomic mass is 32.2. The van der Waals surface area contributed by atoms with Gasteiger partial charge in [-0.15, -0.1) is 0 Å². The van der Waals surface area contributed by atoms with E-state index in [-0.39, 0.29) is 12.3 Å². The maximum absolute atomic E-state index is 12.7. The lowest BCUT2D eigenvalue weighted by molar-refractivity contribution is -0.128. The average Bonchev–Trinajstić information content (AvgIpc) is 2.51. The van der Waals surface area contributed by atoms with Crippen LogP contribution in [0.2, 0.25) is 0 Å². The Bertz CT molecular complexity index is 624. The minimum atomic E-state index is -5.33. The molecule has 0 saturated heterocycles. The van der Waals surface area contributed by atoms with Crippen molar-refractivity contribution < 1.29 is 31.1 Å². The normalized spacial score (nSPS) is 13.5. The Balaban J connectivity index is 3.09. The summed E-state index contributed by atoms with van der Waals surface area (Å²) in [5.74, 6) is -1.23. The third-order valence-electron chi connectivity index (χ3n) is 2.92. The number of alkyl halides is 3. The van der Waals surface area contributed by atoms with Gasteiger partial charge in [-0.3, -0.25) is 4.99 Å². The van der Waals surface area contributed by atoms with E-state index in [0.29, 0.717) is 18.8 Å². The molecule has 1 rings (SSSR count). The fraction of sp³-hybridized carbons (Fsp3) is 0.533. The number of hydrogen-bond acceptors (Lipinski definition) is 5. The van der Waals surface area contributed by atoms with Gasteiger partial charge in [0.25, 0.3) is 9.84 Å². The molecule has 0 saturated carbocycles. The van der Waals surface area contributed by atoms with Crippen LogP contribution in [-0.4, -0.2) is 51.4 Å². The number of aliphatic imine (C=N–C) groups is 1. The molecule has 0 bridgehead atoms. The van der Waals surface area contributed by atoms with Crippen LogP contribution in [0.5, 0.6) is 0 Å². The van der Waals surface area contributed by atoms with Crippen molar-refractivity contribution in [3.05, 3.63) is 35.9 Å². The molecule has 0 aliphatic heterocycles. The number of hydrogen-bond donors (Lipinski definition) is 0. The fourth-order valence-corrected chi connectivity index (χ4v) is 2.60. The standard InChI is InChI=1S/C15H20F3NO4S/c1-3-22-14(23-4-2)10-19-13(12-8-6-5-7-9-12)11-24(20,21)15(16,17)18/h5-9,14H,3-4,10-11H2,1-2H3. The molecule has 0 aromatic heterocycles. The Labute approximate surface area is 139 Å². The van der Waals surface area contributed by atoms with Crippen LogP contribution in [0.25, 0.3) is 0 Å². The average molecular weight is 367 g/mol. The van der Waals surface area contributed by atoms with Crippen LogP contribution in [0.15, 0.2) is 35.3 Å². The summed E-state index contributed by atoms with van der Waals surface area (Å²) < 4.78 is 71.4. The van der Waals surface area contributed by atoms with Gasteiger partial charge in [0.05, 0.1) is 12.3 Å². The molecule has 0 atom stereocenters. The Morgan fingerprint density at radius 1 is 1.12 bits per heavy atom. The van der Waals surface area contributed by atoms with Crippen LogP contribution < -0.4 is 0 Å². The van der Waals surface area contributed by atoms with E-state index in [9.17, 15) is 21.6 Å². The molecule has 0 radical (unpaired) electrons. The van der Waals surface area contributed by atoms with Crippen LogP contribution in [0.4, 0.5) is 13.2 Å². The van der Waals surface area contributed by atoms with Gasteiger partial charge in [0.2, 0.25) is 0 Å². The summed E-state index contributed by atoms with van der Waals surface area (Å²) in [4.78, 5) is 4.02. The first-order valence-electron chi connectivity index (χ1n) is 7.32. The van der Waals surface area contributed by atoms with Crippen molar-refractivity contribution in [2.45, 2.75) is 25.6 Å². The number of sulfone groups is 1. The highest BCUT2D eigenvalue weighted by Crippen LogP contribution is 2.24. The number of halogens is 3.